The van der Waals surface area contributed by atoms with Crippen LogP contribution in [-0.4, -0.2) is 38.2 Å². The molecule has 0 bridgehead atoms. The molecular weight excluding hydrogens is 266 g/mol. The van der Waals surface area contributed by atoms with Gasteiger partial charge in [0.15, 0.2) is 5.82 Å². The first kappa shape index (κ1) is 12.3. The zero-order valence-corrected chi connectivity index (χ0v) is 11.5. The number of rotatable bonds is 2. The maximum Gasteiger partial charge on any atom is 0.182 e. The van der Waals surface area contributed by atoms with Crippen LogP contribution in [0.2, 0.25) is 0 Å². The highest BCUT2D eigenvalue weighted by Crippen LogP contribution is 2.23. The molecule has 4 rings (SSSR count). The standard InChI is InChI=1S/C15H15N5O/c1-2-4-11(5-3-1)12-10-13(17-16-12)15-19-18-14-6-8-21-9-7-20(14)15/h1-5,10H,6-9H2,(H,16,17). The van der Waals surface area contributed by atoms with E-state index in [1.54, 1.807) is 0 Å². The summed E-state index contributed by atoms with van der Waals surface area (Å²) in [5.41, 5.74) is 2.88. The summed E-state index contributed by atoms with van der Waals surface area (Å²) in [4.78, 5) is 0. The van der Waals surface area contributed by atoms with Crippen molar-refractivity contribution in [1.29, 1.82) is 0 Å². The Morgan fingerprint density at radius 3 is 2.90 bits per heavy atom. The molecule has 0 atom stereocenters. The Kier molecular flexibility index (Phi) is 3.01. The number of nitrogens with zero attached hydrogens (tertiary/aromatic N) is 4. The normalized spacial score (nSPS) is 14.7. The maximum absolute atomic E-state index is 5.49. The highest BCUT2D eigenvalue weighted by atomic mass is 16.5. The fourth-order valence-electron chi connectivity index (χ4n) is 2.57. The summed E-state index contributed by atoms with van der Waals surface area (Å²) >= 11 is 0. The molecule has 0 saturated heterocycles. The SMILES string of the molecule is c1ccc(-c2cc(-c3nnc4n3CCOCC4)[nH]n2)cc1. The fourth-order valence-corrected chi connectivity index (χ4v) is 2.57. The number of fused-ring (bicyclic) bond motifs is 1. The quantitative estimate of drug-likeness (QED) is 0.779. The Balaban J connectivity index is 1.72. The van der Waals surface area contributed by atoms with Gasteiger partial charge in [-0.15, -0.1) is 10.2 Å². The monoisotopic (exact) mass is 281 g/mol. The summed E-state index contributed by atoms with van der Waals surface area (Å²) in [7, 11) is 0. The third-order valence-corrected chi connectivity index (χ3v) is 3.64. The van der Waals surface area contributed by atoms with Crippen molar-refractivity contribution in [3.8, 4) is 22.8 Å². The van der Waals surface area contributed by atoms with Crippen molar-refractivity contribution < 1.29 is 4.74 Å². The molecule has 3 aromatic rings. The van der Waals surface area contributed by atoms with Crippen LogP contribution in [0.1, 0.15) is 5.82 Å². The van der Waals surface area contributed by atoms with E-state index in [4.69, 9.17) is 4.74 Å². The number of aromatic nitrogens is 5. The molecule has 1 aliphatic heterocycles. The number of hydrogen-bond acceptors (Lipinski definition) is 4. The molecule has 21 heavy (non-hydrogen) atoms. The predicted molar refractivity (Wildman–Crippen MR) is 77.6 cm³/mol. The molecule has 3 heterocycles. The van der Waals surface area contributed by atoms with Gasteiger partial charge in [-0.1, -0.05) is 30.3 Å². The lowest BCUT2D eigenvalue weighted by Crippen LogP contribution is -2.05. The molecule has 0 spiro atoms. The number of benzene rings is 1. The van der Waals surface area contributed by atoms with Crippen LogP contribution in [-0.2, 0) is 17.7 Å². The van der Waals surface area contributed by atoms with Crippen molar-refractivity contribution in [2.45, 2.75) is 13.0 Å². The van der Waals surface area contributed by atoms with E-state index in [2.05, 4.69) is 25.0 Å². The summed E-state index contributed by atoms with van der Waals surface area (Å²) < 4.78 is 7.59. The van der Waals surface area contributed by atoms with Crippen LogP contribution in [0.3, 0.4) is 0 Å². The van der Waals surface area contributed by atoms with Crippen molar-refractivity contribution in [3.05, 3.63) is 42.2 Å². The molecule has 0 saturated carbocycles. The van der Waals surface area contributed by atoms with E-state index in [1.165, 1.54) is 0 Å². The third-order valence-electron chi connectivity index (χ3n) is 3.64. The van der Waals surface area contributed by atoms with E-state index >= 15 is 0 Å². The summed E-state index contributed by atoms with van der Waals surface area (Å²) in [6.45, 7) is 2.17. The van der Waals surface area contributed by atoms with Crippen LogP contribution in [0, 0.1) is 0 Å². The lowest BCUT2D eigenvalue weighted by Gasteiger charge is -2.03. The minimum absolute atomic E-state index is 0.692. The van der Waals surface area contributed by atoms with Crippen LogP contribution in [0.25, 0.3) is 22.8 Å². The lowest BCUT2D eigenvalue weighted by molar-refractivity contribution is 0.140. The molecule has 1 N–H and O–H groups in total. The zero-order chi connectivity index (χ0) is 14.1. The predicted octanol–water partition coefficient (Wildman–Crippen LogP) is 1.91. The Morgan fingerprint density at radius 2 is 2.00 bits per heavy atom. The Hall–Kier alpha value is -2.47. The van der Waals surface area contributed by atoms with Gasteiger partial charge < -0.3 is 9.30 Å². The van der Waals surface area contributed by atoms with Crippen molar-refractivity contribution in [2.75, 3.05) is 13.2 Å². The first-order valence-electron chi connectivity index (χ1n) is 7.03. The molecule has 0 aliphatic carbocycles. The summed E-state index contributed by atoms with van der Waals surface area (Å²) in [6.07, 6.45) is 0.798. The Labute approximate surface area is 121 Å². The molecule has 1 aromatic carbocycles. The number of hydrogen-bond donors (Lipinski definition) is 1. The fraction of sp³-hybridized carbons (Fsp3) is 0.267. The van der Waals surface area contributed by atoms with E-state index in [0.29, 0.717) is 13.2 Å². The molecule has 106 valence electrons. The summed E-state index contributed by atoms with van der Waals surface area (Å²) in [5, 5.41) is 16.0. The lowest BCUT2D eigenvalue weighted by atomic mass is 10.1. The van der Waals surface area contributed by atoms with Crippen LogP contribution < -0.4 is 0 Å². The van der Waals surface area contributed by atoms with Gasteiger partial charge >= 0.3 is 0 Å². The van der Waals surface area contributed by atoms with Crippen molar-refractivity contribution >= 4 is 0 Å². The van der Waals surface area contributed by atoms with Gasteiger partial charge in [-0.2, -0.15) is 5.10 Å². The first-order valence-corrected chi connectivity index (χ1v) is 7.03. The second kappa shape index (κ2) is 5.14. The molecule has 0 amide bonds. The summed E-state index contributed by atoms with van der Waals surface area (Å²) in [6, 6.07) is 12.1. The van der Waals surface area contributed by atoms with E-state index < -0.39 is 0 Å². The Morgan fingerprint density at radius 1 is 1.10 bits per heavy atom. The van der Waals surface area contributed by atoms with Crippen molar-refractivity contribution in [1.82, 2.24) is 25.0 Å². The molecule has 6 nitrogen and oxygen atoms in total. The Bertz CT molecular complexity index is 747. The van der Waals surface area contributed by atoms with Crippen molar-refractivity contribution in [2.24, 2.45) is 0 Å². The van der Waals surface area contributed by atoms with Crippen LogP contribution in [0.5, 0.6) is 0 Å². The average molecular weight is 281 g/mol. The smallest absolute Gasteiger partial charge is 0.182 e. The average Bonchev–Trinajstić information content (AvgIpc) is 3.10. The molecule has 2 aromatic heterocycles. The second-order valence-electron chi connectivity index (χ2n) is 4.99. The minimum atomic E-state index is 0.692. The number of ether oxygens (including phenoxy) is 1. The number of H-pyrrole nitrogens is 1. The highest BCUT2D eigenvalue weighted by Gasteiger charge is 2.18. The van der Waals surface area contributed by atoms with Crippen LogP contribution in [0.4, 0.5) is 0 Å². The minimum Gasteiger partial charge on any atom is -0.379 e. The topological polar surface area (TPSA) is 68.6 Å². The van der Waals surface area contributed by atoms with Crippen molar-refractivity contribution in [3.63, 3.8) is 0 Å². The van der Waals surface area contributed by atoms with Gasteiger partial charge in [0, 0.05) is 18.5 Å². The molecule has 0 fully saturated rings. The zero-order valence-electron chi connectivity index (χ0n) is 11.5. The van der Waals surface area contributed by atoms with E-state index in [1.807, 2.05) is 36.4 Å². The van der Waals surface area contributed by atoms with E-state index in [0.717, 1.165) is 41.6 Å². The van der Waals surface area contributed by atoms with E-state index in [9.17, 15) is 0 Å². The van der Waals surface area contributed by atoms with Gasteiger partial charge in [-0.25, -0.2) is 0 Å². The van der Waals surface area contributed by atoms with Gasteiger partial charge in [-0.3, -0.25) is 5.10 Å². The third kappa shape index (κ3) is 2.23. The van der Waals surface area contributed by atoms with Crippen LogP contribution in [0.15, 0.2) is 36.4 Å². The van der Waals surface area contributed by atoms with Gasteiger partial charge in [0.05, 0.1) is 18.9 Å². The van der Waals surface area contributed by atoms with Gasteiger partial charge in [0.1, 0.15) is 11.5 Å². The van der Waals surface area contributed by atoms with Gasteiger partial charge in [-0.05, 0) is 6.07 Å². The van der Waals surface area contributed by atoms with Gasteiger partial charge in [0.25, 0.3) is 0 Å². The number of nitrogens with one attached hydrogen (secondary N) is 1. The molecule has 6 heteroatoms. The van der Waals surface area contributed by atoms with Crippen LogP contribution >= 0.6 is 0 Å². The molecule has 0 unspecified atom stereocenters. The maximum atomic E-state index is 5.49. The summed E-state index contributed by atoms with van der Waals surface area (Å²) in [5.74, 6) is 1.79. The molecule has 1 aliphatic rings. The first-order chi connectivity index (χ1) is 10.4. The van der Waals surface area contributed by atoms with Gasteiger partial charge in [0.2, 0.25) is 0 Å². The largest absolute Gasteiger partial charge is 0.379 e. The number of aromatic amines is 1. The molecular formula is C15H15N5O. The molecule has 0 radical (unpaired) electrons. The van der Waals surface area contributed by atoms with E-state index in [-0.39, 0.29) is 0 Å². The second-order valence-corrected chi connectivity index (χ2v) is 4.99. The highest BCUT2D eigenvalue weighted by molar-refractivity contribution is 5.64.